The number of hydrogen-bond acceptors (Lipinski definition) is 1. The quantitative estimate of drug-likeness (QED) is 0.775. The Bertz CT molecular complexity index is 386. The van der Waals surface area contributed by atoms with Gasteiger partial charge >= 0.3 is 0 Å². The first-order valence-electron chi connectivity index (χ1n) is 6.23. The molecule has 1 amide bonds. The van der Waals surface area contributed by atoms with Crippen LogP contribution in [0.1, 0.15) is 31.5 Å². The average Bonchev–Trinajstić information content (AvgIpc) is 2.24. The van der Waals surface area contributed by atoms with Crippen LogP contribution >= 0.6 is 0 Å². The largest absolute Gasteiger partial charge is 0.351 e. The minimum absolute atomic E-state index is 0.0874. The van der Waals surface area contributed by atoms with Crippen LogP contribution in [-0.2, 0) is 11.3 Å². The van der Waals surface area contributed by atoms with E-state index in [-0.39, 0.29) is 5.91 Å². The summed E-state index contributed by atoms with van der Waals surface area (Å²) in [4.78, 5) is 11.7. The molecule has 1 heterocycles. The van der Waals surface area contributed by atoms with Crippen LogP contribution in [0.15, 0.2) is 18.3 Å². The van der Waals surface area contributed by atoms with Crippen molar-refractivity contribution in [2.75, 3.05) is 6.54 Å². The lowest BCUT2D eigenvalue weighted by Crippen LogP contribution is -2.45. The molecule has 1 N–H and O–H groups in total. The number of nitrogens with one attached hydrogen (secondary N) is 1. The molecular weight excluding hydrogens is 212 g/mol. The number of carbonyl (C=O) groups is 1. The lowest BCUT2D eigenvalue weighted by molar-refractivity contribution is -0.690. The highest BCUT2D eigenvalue weighted by Crippen LogP contribution is 1.99. The maximum atomic E-state index is 11.7. The molecule has 1 aromatic heterocycles. The van der Waals surface area contributed by atoms with Crippen molar-refractivity contribution in [3.8, 4) is 0 Å². The second-order valence-corrected chi connectivity index (χ2v) is 4.94. The minimum atomic E-state index is 0.0874. The van der Waals surface area contributed by atoms with E-state index < -0.39 is 0 Å². The number of nitrogens with zero attached hydrogens (tertiary/aromatic N) is 1. The monoisotopic (exact) mass is 235 g/mol. The molecule has 3 nitrogen and oxygen atoms in total. The van der Waals surface area contributed by atoms with Gasteiger partial charge in [0.15, 0.2) is 11.9 Å². The highest BCUT2D eigenvalue weighted by molar-refractivity contribution is 5.74. The van der Waals surface area contributed by atoms with Gasteiger partial charge in [0.25, 0.3) is 5.91 Å². The van der Waals surface area contributed by atoms with Gasteiger partial charge in [-0.3, -0.25) is 4.79 Å². The van der Waals surface area contributed by atoms with E-state index in [1.807, 2.05) is 23.8 Å². The van der Waals surface area contributed by atoms with Crippen LogP contribution in [-0.4, -0.2) is 12.5 Å². The number of aromatic nitrogens is 1. The molecule has 0 unspecified atom stereocenters. The number of pyridine rings is 1. The summed E-state index contributed by atoms with van der Waals surface area (Å²) in [7, 11) is 0. The molecule has 0 spiro atoms. The number of aryl methyl sites for hydroxylation is 1. The van der Waals surface area contributed by atoms with Gasteiger partial charge in [-0.05, 0) is 25.3 Å². The lowest BCUT2D eigenvalue weighted by Gasteiger charge is -2.06. The molecule has 0 radical (unpaired) electrons. The topological polar surface area (TPSA) is 33.0 Å². The maximum absolute atomic E-state index is 11.7. The Morgan fingerprint density at radius 3 is 2.76 bits per heavy atom. The van der Waals surface area contributed by atoms with Crippen LogP contribution in [0.2, 0.25) is 0 Å². The number of carbonyl (C=O) groups excluding carboxylic acids is 1. The molecule has 0 fully saturated rings. The Kier molecular flexibility index (Phi) is 5.13. The molecule has 17 heavy (non-hydrogen) atoms. The average molecular weight is 235 g/mol. The number of hydrogen-bond donors (Lipinski definition) is 1. The van der Waals surface area contributed by atoms with Gasteiger partial charge in [0.1, 0.15) is 0 Å². The van der Waals surface area contributed by atoms with Crippen molar-refractivity contribution in [2.45, 2.75) is 40.7 Å². The first-order valence-corrected chi connectivity index (χ1v) is 6.23. The van der Waals surface area contributed by atoms with E-state index in [1.165, 1.54) is 5.56 Å². The molecule has 0 aliphatic rings. The van der Waals surface area contributed by atoms with Crippen molar-refractivity contribution in [2.24, 2.45) is 5.92 Å². The molecule has 0 bridgehead atoms. The molecule has 0 aliphatic heterocycles. The van der Waals surface area contributed by atoms with Gasteiger partial charge in [0.2, 0.25) is 6.54 Å². The summed E-state index contributed by atoms with van der Waals surface area (Å²) in [5, 5.41) is 2.95. The molecule has 0 saturated heterocycles. The van der Waals surface area contributed by atoms with Gasteiger partial charge < -0.3 is 5.32 Å². The van der Waals surface area contributed by atoms with E-state index in [1.54, 1.807) is 0 Å². The van der Waals surface area contributed by atoms with E-state index in [9.17, 15) is 4.79 Å². The Labute approximate surface area is 104 Å². The zero-order chi connectivity index (χ0) is 12.8. The molecule has 0 aliphatic carbocycles. The van der Waals surface area contributed by atoms with Crippen LogP contribution in [0.5, 0.6) is 0 Å². The summed E-state index contributed by atoms with van der Waals surface area (Å²) in [5.74, 6) is 0.716. The molecular formula is C14H23N2O+. The lowest BCUT2D eigenvalue weighted by atomic mass is 10.1. The molecule has 1 aromatic rings. The van der Waals surface area contributed by atoms with Crippen molar-refractivity contribution < 1.29 is 9.36 Å². The Morgan fingerprint density at radius 1 is 1.41 bits per heavy atom. The van der Waals surface area contributed by atoms with Crippen LogP contribution in [0.4, 0.5) is 0 Å². The van der Waals surface area contributed by atoms with E-state index >= 15 is 0 Å². The van der Waals surface area contributed by atoms with Crippen LogP contribution in [0.3, 0.4) is 0 Å². The fourth-order valence-corrected chi connectivity index (χ4v) is 1.63. The summed E-state index contributed by atoms with van der Waals surface area (Å²) in [6.07, 6.45) is 2.98. The summed E-state index contributed by atoms with van der Waals surface area (Å²) in [6.45, 7) is 9.59. The summed E-state index contributed by atoms with van der Waals surface area (Å²) in [5.41, 5.74) is 2.36. The normalized spacial score (nSPS) is 10.6. The highest BCUT2D eigenvalue weighted by atomic mass is 16.1. The Morgan fingerprint density at radius 2 is 2.12 bits per heavy atom. The van der Waals surface area contributed by atoms with Crippen LogP contribution in [0.25, 0.3) is 0 Å². The van der Waals surface area contributed by atoms with Gasteiger partial charge in [-0.15, -0.1) is 0 Å². The maximum Gasteiger partial charge on any atom is 0.286 e. The second kappa shape index (κ2) is 6.38. The second-order valence-electron chi connectivity index (χ2n) is 4.94. The van der Waals surface area contributed by atoms with Crippen LogP contribution in [0, 0.1) is 19.8 Å². The van der Waals surface area contributed by atoms with Crippen molar-refractivity contribution in [1.29, 1.82) is 0 Å². The zero-order valence-corrected chi connectivity index (χ0v) is 11.3. The van der Waals surface area contributed by atoms with Gasteiger partial charge in [-0.1, -0.05) is 13.8 Å². The molecule has 0 atom stereocenters. The van der Waals surface area contributed by atoms with Gasteiger partial charge in [0, 0.05) is 25.1 Å². The summed E-state index contributed by atoms with van der Waals surface area (Å²) in [6, 6.07) is 4.03. The van der Waals surface area contributed by atoms with Crippen molar-refractivity contribution >= 4 is 5.91 Å². The van der Waals surface area contributed by atoms with Crippen molar-refractivity contribution in [3.05, 3.63) is 29.6 Å². The summed E-state index contributed by atoms with van der Waals surface area (Å²) < 4.78 is 1.99. The first kappa shape index (κ1) is 13.7. The zero-order valence-electron chi connectivity index (χ0n) is 11.3. The smallest absolute Gasteiger partial charge is 0.286 e. The van der Waals surface area contributed by atoms with E-state index in [0.29, 0.717) is 12.5 Å². The SMILES string of the molecule is Cc1ccc[n+](CC(=O)NCCC(C)C)c1C. The standard InChI is InChI=1S/C14H22N2O/c1-11(2)7-8-15-14(17)10-16-9-5-6-12(3)13(16)4/h5-6,9,11H,7-8,10H2,1-4H3/p+1. The summed E-state index contributed by atoms with van der Waals surface area (Å²) >= 11 is 0. The molecule has 0 saturated carbocycles. The Hall–Kier alpha value is -1.38. The molecule has 0 aromatic carbocycles. The third kappa shape index (κ3) is 4.55. The number of rotatable bonds is 5. The van der Waals surface area contributed by atoms with Crippen molar-refractivity contribution in [3.63, 3.8) is 0 Å². The van der Waals surface area contributed by atoms with Gasteiger partial charge in [-0.2, -0.15) is 4.57 Å². The number of amides is 1. The van der Waals surface area contributed by atoms with E-state index in [4.69, 9.17) is 0 Å². The predicted molar refractivity (Wildman–Crippen MR) is 68.6 cm³/mol. The fraction of sp³-hybridized carbons (Fsp3) is 0.571. The highest BCUT2D eigenvalue weighted by Gasteiger charge is 2.12. The third-order valence-corrected chi connectivity index (χ3v) is 2.97. The first-order chi connectivity index (χ1) is 8.00. The fourth-order valence-electron chi connectivity index (χ4n) is 1.63. The molecule has 94 valence electrons. The van der Waals surface area contributed by atoms with Crippen LogP contribution < -0.4 is 9.88 Å². The van der Waals surface area contributed by atoms with Crippen molar-refractivity contribution in [1.82, 2.24) is 5.32 Å². The molecule has 3 heteroatoms. The minimum Gasteiger partial charge on any atom is -0.351 e. The molecule has 1 rings (SSSR count). The van der Waals surface area contributed by atoms with Gasteiger partial charge in [-0.25, -0.2) is 0 Å². The van der Waals surface area contributed by atoms with Gasteiger partial charge in [0.05, 0.1) is 0 Å². The van der Waals surface area contributed by atoms with E-state index in [0.717, 1.165) is 18.7 Å². The Balaban J connectivity index is 2.48. The third-order valence-electron chi connectivity index (χ3n) is 2.97. The predicted octanol–water partition coefficient (Wildman–Crippen LogP) is 1.75. The van der Waals surface area contributed by atoms with E-state index in [2.05, 4.69) is 32.2 Å².